The van der Waals surface area contributed by atoms with E-state index < -0.39 is 10.0 Å². The minimum absolute atomic E-state index is 0.0283. The fraction of sp³-hybridized carbons (Fsp3) is 0.167. The van der Waals surface area contributed by atoms with Crippen molar-refractivity contribution >= 4 is 27.7 Å². The quantitative estimate of drug-likeness (QED) is 0.752. The molecule has 8 nitrogen and oxygen atoms in total. The summed E-state index contributed by atoms with van der Waals surface area (Å²) in [4.78, 5) is 12.1. The Morgan fingerprint density at radius 1 is 1.19 bits per heavy atom. The zero-order chi connectivity index (χ0) is 19.4. The Kier molecular flexibility index (Phi) is 5.33. The van der Waals surface area contributed by atoms with E-state index in [1.54, 1.807) is 18.2 Å². The van der Waals surface area contributed by atoms with Crippen LogP contribution in [0.3, 0.4) is 0 Å². The van der Waals surface area contributed by atoms with Gasteiger partial charge in [-0.1, -0.05) is 0 Å². The monoisotopic (exact) mass is 390 g/mol. The number of amides is 1. The molecular weight excluding hydrogens is 372 g/mol. The molecule has 0 saturated carbocycles. The van der Waals surface area contributed by atoms with Gasteiger partial charge in [-0.05, 0) is 48.0 Å². The second kappa shape index (κ2) is 7.68. The minimum Gasteiger partial charge on any atom is -0.493 e. The number of carbonyl (C=O) groups excluding carboxylic acids is 1. The van der Waals surface area contributed by atoms with Crippen molar-refractivity contribution in [2.75, 3.05) is 25.6 Å². The van der Waals surface area contributed by atoms with Crippen LogP contribution in [0.1, 0.15) is 5.56 Å². The van der Waals surface area contributed by atoms with Crippen LogP contribution in [0.5, 0.6) is 17.2 Å². The first-order valence-electron chi connectivity index (χ1n) is 7.96. The van der Waals surface area contributed by atoms with Crippen molar-refractivity contribution in [3.63, 3.8) is 0 Å². The van der Waals surface area contributed by atoms with Crippen LogP contribution in [-0.2, 0) is 14.8 Å². The van der Waals surface area contributed by atoms with Gasteiger partial charge in [-0.25, -0.2) is 13.6 Å². The summed E-state index contributed by atoms with van der Waals surface area (Å²) in [5, 5.41) is 7.67. The van der Waals surface area contributed by atoms with E-state index in [0.717, 1.165) is 0 Å². The third-order valence-electron chi connectivity index (χ3n) is 3.73. The fourth-order valence-electron chi connectivity index (χ4n) is 2.47. The molecule has 9 heteroatoms. The van der Waals surface area contributed by atoms with Crippen LogP contribution in [-0.4, -0.2) is 34.6 Å². The Labute approximate surface area is 156 Å². The van der Waals surface area contributed by atoms with E-state index in [-0.39, 0.29) is 10.8 Å². The predicted octanol–water partition coefficient (Wildman–Crippen LogP) is 1.77. The van der Waals surface area contributed by atoms with Gasteiger partial charge in [0.2, 0.25) is 21.7 Å². The second-order valence-corrected chi connectivity index (χ2v) is 7.20. The number of hydrogen-bond donors (Lipinski definition) is 2. The second-order valence-electron chi connectivity index (χ2n) is 5.64. The molecule has 0 aromatic heterocycles. The minimum atomic E-state index is -3.77. The number of methoxy groups -OCH3 is 1. The molecule has 2 aromatic carbocycles. The van der Waals surface area contributed by atoms with E-state index in [2.05, 4.69) is 5.32 Å². The van der Waals surface area contributed by atoms with Gasteiger partial charge in [-0.3, -0.25) is 4.79 Å². The van der Waals surface area contributed by atoms with Crippen LogP contribution >= 0.6 is 0 Å². The maximum Gasteiger partial charge on any atom is 0.248 e. The van der Waals surface area contributed by atoms with Gasteiger partial charge in [0, 0.05) is 11.8 Å². The van der Waals surface area contributed by atoms with E-state index in [1.165, 1.54) is 37.5 Å². The SMILES string of the molecule is COc1cc(/C=C/C(=O)Nc2ccc(S(N)(=O)=O)cc2)cc2c1OCCO2. The normalized spacial score (nSPS) is 13.4. The first kappa shape index (κ1) is 18.7. The van der Waals surface area contributed by atoms with Crippen molar-refractivity contribution in [3.05, 3.63) is 48.0 Å². The van der Waals surface area contributed by atoms with Gasteiger partial charge < -0.3 is 19.5 Å². The Bertz CT molecular complexity index is 966. The molecule has 3 rings (SSSR count). The standard InChI is InChI=1S/C18H18N2O6S/c1-24-15-10-12(11-16-18(15)26-9-8-25-16)2-7-17(21)20-13-3-5-14(6-4-13)27(19,22)23/h2-7,10-11H,8-9H2,1H3,(H,20,21)(H2,19,22,23)/b7-2+. The van der Waals surface area contributed by atoms with Gasteiger partial charge in [0.25, 0.3) is 0 Å². The van der Waals surface area contributed by atoms with E-state index in [0.29, 0.717) is 41.7 Å². The highest BCUT2D eigenvalue weighted by atomic mass is 32.2. The lowest BCUT2D eigenvalue weighted by molar-refractivity contribution is -0.111. The summed E-state index contributed by atoms with van der Waals surface area (Å²) < 4.78 is 38.8. The average Bonchev–Trinajstić information content (AvgIpc) is 2.65. The summed E-state index contributed by atoms with van der Waals surface area (Å²) in [7, 11) is -2.24. The van der Waals surface area contributed by atoms with Crippen molar-refractivity contribution in [1.82, 2.24) is 0 Å². The van der Waals surface area contributed by atoms with E-state index in [4.69, 9.17) is 19.3 Å². The smallest absolute Gasteiger partial charge is 0.248 e. The van der Waals surface area contributed by atoms with Crippen LogP contribution in [0.25, 0.3) is 6.08 Å². The number of carbonyl (C=O) groups is 1. The van der Waals surface area contributed by atoms with Crippen LogP contribution in [0.15, 0.2) is 47.4 Å². The van der Waals surface area contributed by atoms with Gasteiger partial charge >= 0.3 is 0 Å². The van der Waals surface area contributed by atoms with E-state index in [9.17, 15) is 13.2 Å². The summed E-state index contributed by atoms with van der Waals surface area (Å²) in [6, 6.07) is 9.04. The number of rotatable bonds is 5. The Morgan fingerprint density at radius 3 is 2.56 bits per heavy atom. The molecule has 0 aliphatic carbocycles. The third kappa shape index (κ3) is 4.57. The Hall–Kier alpha value is -3.04. The Balaban J connectivity index is 1.71. The van der Waals surface area contributed by atoms with Crippen LogP contribution in [0.2, 0.25) is 0 Å². The molecule has 0 atom stereocenters. The van der Waals surface area contributed by atoms with Crippen LogP contribution in [0.4, 0.5) is 5.69 Å². The van der Waals surface area contributed by atoms with Crippen molar-refractivity contribution < 1.29 is 27.4 Å². The van der Waals surface area contributed by atoms with E-state index >= 15 is 0 Å². The van der Waals surface area contributed by atoms with Crippen molar-refractivity contribution in [1.29, 1.82) is 0 Å². The maximum absolute atomic E-state index is 12.1. The molecule has 1 aliphatic rings. The van der Waals surface area contributed by atoms with Gasteiger partial charge in [0.15, 0.2) is 11.5 Å². The maximum atomic E-state index is 12.1. The molecule has 27 heavy (non-hydrogen) atoms. The number of primary sulfonamides is 1. The predicted molar refractivity (Wildman–Crippen MR) is 99.5 cm³/mol. The highest BCUT2D eigenvalue weighted by molar-refractivity contribution is 7.89. The number of hydrogen-bond acceptors (Lipinski definition) is 6. The first-order chi connectivity index (χ1) is 12.9. The van der Waals surface area contributed by atoms with Crippen LogP contribution in [0, 0.1) is 0 Å². The van der Waals surface area contributed by atoms with Crippen molar-refractivity contribution in [3.8, 4) is 17.2 Å². The van der Waals surface area contributed by atoms with E-state index in [1.807, 2.05) is 0 Å². The molecule has 142 valence electrons. The highest BCUT2D eigenvalue weighted by Gasteiger charge is 2.17. The molecular formula is C18H18N2O6S. The largest absolute Gasteiger partial charge is 0.493 e. The molecule has 3 N–H and O–H groups in total. The summed E-state index contributed by atoms with van der Waals surface area (Å²) in [6.45, 7) is 0.892. The molecule has 1 amide bonds. The summed E-state index contributed by atoms with van der Waals surface area (Å²) in [5.41, 5.74) is 1.15. The van der Waals surface area contributed by atoms with Crippen molar-refractivity contribution in [2.24, 2.45) is 5.14 Å². The topological polar surface area (TPSA) is 117 Å². The number of sulfonamides is 1. The number of ether oxygens (including phenoxy) is 3. The molecule has 0 unspecified atom stereocenters. The highest BCUT2D eigenvalue weighted by Crippen LogP contribution is 2.40. The third-order valence-corrected chi connectivity index (χ3v) is 4.66. The lowest BCUT2D eigenvalue weighted by Crippen LogP contribution is -2.16. The average molecular weight is 390 g/mol. The molecule has 0 saturated heterocycles. The summed E-state index contributed by atoms with van der Waals surface area (Å²) >= 11 is 0. The summed E-state index contributed by atoms with van der Waals surface area (Å²) in [5.74, 6) is 1.23. The molecule has 1 heterocycles. The molecule has 0 bridgehead atoms. The molecule has 2 aromatic rings. The lowest BCUT2D eigenvalue weighted by Gasteiger charge is -2.20. The number of nitrogens with two attached hydrogens (primary N) is 1. The number of benzene rings is 2. The Morgan fingerprint density at radius 2 is 1.89 bits per heavy atom. The fourth-order valence-corrected chi connectivity index (χ4v) is 2.99. The van der Waals surface area contributed by atoms with Crippen LogP contribution < -0.4 is 24.7 Å². The number of fused-ring (bicyclic) bond motifs is 1. The van der Waals surface area contributed by atoms with Gasteiger partial charge in [0.1, 0.15) is 13.2 Å². The lowest BCUT2D eigenvalue weighted by atomic mass is 10.1. The molecule has 0 radical (unpaired) electrons. The van der Waals surface area contributed by atoms with Gasteiger partial charge in [-0.2, -0.15) is 0 Å². The molecule has 0 spiro atoms. The van der Waals surface area contributed by atoms with Crippen molar-refractivity contribution in [2.45, 2.75) is 4.90 Å². The van der Waals surface area contributed by atoms with Gasteiger partial charge in [-0.15, -0.1) is 0 Å². The first-order valence-corrected chi connectivity index (χ1v) is 9.51. The van der Waals surface area contributed by atoms with Gasteiger partial charge in [0.05, 0.1) is 12.0 Å². The number of nitrogens with one attached hydrogen (secondary N) is 1. The summed E-state index contributed by atoms with van der Waals surface area (Å²) in [6.07, 6.45) is 2.95. The molecule has 1 aliphatic heterocycles. The zero-order valence-electron chi connectivity index (χ0n) is 14.5. The number of anilines is 1. The molecule has 0 fully saturated rings. The zero-order valence-corrected chi connectivity index (χ0v) is 15.3.